The van der Waals surface area contributed by atoms with Crippen molar-refractivity contribution < 1.29 is 9.13 Å². The molecule has 1 aromatic carbocycles. The summed E-state index contributed by atoms with van der Waals surface area (Å²) >= 11 is 5.88. The van der Waals surface area contributed by atoms with Crippen molar-refractivity contribution in [2.45, 2.75) is 0 Å². The molecule has 0 saturated carbocycles. The molecular formula is C11H8ClFN4O. The number of ether oxygens (including phenoxy) is 1. The van der Waals surface area contributed by atoms with E-state index in [1.165, 1.54) is 7.11 Å². The van der Waals surface area contributed by atoms with Gasteiger partial charge in [0.05, 0.1) is 18.3 Å². The number of methoxy groups -OCH3 is 1. The first kappa shape index (κ1) is 12.4. The van der Waals surface area contributed by atoms with Crippen molar-refractivity contribution in [1.29, 1.82) is 0 Å². The summed E-state index contributed by atoms with van der Waals surface area (Å²) < 4.78 is 18.1. The van der Waals surface area contributed by atoms with Crippen LogP contribution in [0.1, 0.15) is 0 Å². The molecule has 0 bridgehead atoms. The third kappa shape index (κ3) is 2.78. The molecule has 0 unspecified atom stereocenters. The van der Waals surface area contributed by atoms with Gasteiger partial charge in [-0.25, -0.2) is 9.37 Å². The van der Waals surface area contributed by atoms with E-state index in [4.69, 9.17) is 16.3 Å². The van der Waals surface area contributed by atoms with Crippen LogP contribution in [0.3, 0.4) is 0 Å². The van der Waals surface area contributed by atoms with Crippen LogP contribution in [0, 0.1) is 5.82 Å². The number of nitrogens with zero attached hydrogens (tertiary/aromatic N) is 4. The minimum atomic E-state index is -0.688. The zero-order chi connectivity index (χ0) is 13.0. The molecule has 0 amide bonds. The SMILES string of the molecule is COc1ncc(F)c(/N=N/c2ccccc2Cl)n1. The minimum Gasteiger partial charge on any atom is -0.467 e. The zero-order valence-electron chi connectivity index (χ0n) is 9.34. The Kier molecular flexibility index (Phi) is 3.78. The van der Waals surface area contributed by atoms with E-state index in [0.29, 0.717) is 10.7 Å². The number of azo groups is 1. The van der Waals surface area contributed by atoms with E-state index in [1.54, 1.807) is 24.3 Å². The lowest BCUT2D eigenvalue weighted by molar-refractivity contribution is 0.377. The molecule has 2 rings (SSSR count). The van der Waals surface area contributed by atoms with Crippen molar-refractivity contribution in [3.8, 4) is 6.01 Å². The molecule has 1 heterocycles. The maximum Gasteiger partial charge on any atom is 0.318 e. The zero-order valence-corrected chi connectivity index (χ0v) is 10.1. The first-order chi connectivity index (χ1) is 8.70. The van der Waals surface area contributed by atoms with E-state index in [9.17, 15) is 4.39 Å². The van der Waals surface area contributed by atoms with Crippen molar-refractivity contribution in [3.05, 3.63) is 41.3 Å². The van der Waals surface area contributed by atoms with E-state index < -0.39 is 5.82 Å². The van der Waals surface area contributed by atoms with Gasteiger partial charge < -0.3 is 4.74 Å². The number of hydrogen-bond donors (Lipinski definition) is 0. The van der Waals surface area contributed by atoms with E-state index in [-0.39, 0.29) is 11.8 Å². The summed E-state index contributed by atoms with van der Waals surface area (Å²) in [6.45, 7) is 0. The standard InChI is InChI=1S/C11H8ClFN4O/c1-18-11-14-6-8(13)10(15-11)17-16-9-5-3-2-4-7(9)12/h2-6H,1H3/b17-16+. The fourth-order valence-electron chi connectivity index (χ4n) is 1.15. The maximum atomic E-state index is 13.3. The molecule has 0 aliphatic rings. The topological polar surface area (TPSA) is 59.7 Å². The van der Waals surface area contributed by atoms with Gasteiger partial charge in [0.15, 0.2) is 5.82 Å². The molecule has 0 aliphatic carbocycles. The highest BCUT2D eigenvalue weighted by Crippen LogP contribution is 2.26. The van der Waals surface area contributed by atoms with E-state index in [2.05, 4.69) is 20.2 Å². The summed E-state index contributed by atoms with van der Waals surface area (Å²) in [7, 11) is 1.38. The van der Waals surface area contributed by atoms with Crippen LogP contribution in [0.5, 0.6) is 6.01 Å². The summed E-state index contributed by atoms with van der Waals surface area (Å²) in [6, 6.07) is 6.84. The second kappa shape index (κ2) is 5.50. The second-order valence-corrected chi connectivity index (χ2v) is 3.59. The fraction of sp³-hybridized carbons (Fsp3) is 0.0909. The Morgan fingerprint density at radius 1 is 1.28 bits per heavy atom. The quantitative estimate of drug-likeness (QED) is 0.796. The Hall–Kier alpha value is -2.08. The Labute approximate surface area is 107 Å². The molecule has 0 radical (unpaired) electrons. The van der Waals surface area contributed by atoms with Gasteiger partial charge in [0, 0.05) is 0 Å². The molecular weight excluding hydrogens is 259 g/mol. The molecule has 0 aliphatic heterocycles. The van der Waals surface area contributed by atoms with Gasteiger partial charge in [-0.3, -0.25) is 0 Å². The smallest absolute Gasteiger partial charge is 0.318 e. The summed E-state index contributed by atoms with van der Waals surface area (Å²) in [6.07, 6.45) is 0.965. The van der Waals surface area contributed by atoms with Crippen LogP contribution in [-0.4, -0.2) is 17.1 Å². The van der Waals surface area contributed by atoms with Gasteiger partial charge >= 0.3 is 6.01 Å². The summed E-state index contributed by atoms with van der Waals surface area (Å²) in [4.78, 5) is 7.32. The van der Waals surface area contributed by atoms with Gasteiger partial charge in [0.1, 0.15) is 5.69 Å². The normalized spacial score (nSPS) is 10.8. The summed E-state index contributed by atoms with van der Waals surface area (Å²) in [5, 5.41) is 7.92. The van der Waals surface area contributed by atoms with Crippen LogP contribution in [0.25, 0.3) is 0 Å². The number of rotatable bonds is 3. The highest BCUT2D eigenvalue weighted by Gasteiger charge is 2.06. The Bertz CT molecular complexity index is 591. The van der Waals surface area contributed by atoms with E-state index in [1.807, 2.05) is 0 Å². The predicted octanol–water partition coefficient (Wildman–Crippen LogP) is 3.69. The fourth-order valence-corrected chi connectivity index (χ4v) is 1.32. The second-order valence-electron chi connectivity index (χ2n) is 3.18. The van der Waals surface area contributed by atoms with Crippen molar-refractivity contribution in [2.75, 3.05) is 7.11 Å². The molecule has 0 saturated heterocycles. The predicted molar refractivity (Wildman–Crippen MR) is 64.2 cm³/mol. The number of halogens is 2. The highest BCUT2D eigenvalue weighted by molar-refractivity contribution is 6.32. The van der Waals surface area contributed by atoms with Gasteiger partial charge in [-0.05, 0) is 12.1 Å². The first-order valence-electron chi connectivity index (χ1n) is 4.93. The first-order valence-corrected chi connectivity index (χ1v) is 5.31. The van der Waals surface area contributed by atoms with Crippen molar-refractivity contribution >= 4 is 23.1 Å². The molecule has 0 spiro atoms. The van der Waals surface area contributed by atoms with Crippen LogP contribution in [0.4, 0.5) is 15.9 Å². The average molecular weight is 267 g/mol. The Morgan fingerprint density at radius 3 is 2.78 bits per heavy atom. The molecule has 5 nitrogen and oxygen atoms in total. The van der Waals surface area contributed by atoms with Crippen molar-refractivity contribution in [2.24, 2.45) is 10.2 Å². The van der Waals surface area contributed by atoms with Crippen molar-refractivity contribution in [1.82, 2.24) is 9.97 Å². The monoisotopic (exact) mass is 266 g/mol. The van der Waals surface area contributed by atoms with Gasteiger partial charge in [-0.1, -0.05) is 23.7 Å². The van der Waals surface area contributed by atoms with Gasteiger partial charge in [-0.15, -0.1) is 10.2 Å². The van der Waals surface area contributed by atoms with Crippen molar-refractivity contribution in [3.63, 3.8) is 0 Å². The van der Waals surface area contributed by atoms with E-state index >= 15 is 0 Å². The molecule has 2 aromatic rings. The van der Waals surface area contributed by atoms with Gasteiger partial charge in [0.25, 0.3) is 0 Å². The van der Waals surface area contributed by atoms with Crippen LogP contribution < -0.4 is 4.74 Å². The lowest BCUT2D eigenvalue weighted by Crippen LogP contribution is -1.92. The van der Waals surface area contributed by atoms with Crippen LogP contribution in [-0.2, 0) is 0 Å². The average Bonchev–Trinajstić information content (AvgIpc) is 2.39. The maximum absolute atomic E-state index is 13.3. The Balaban J connectivity index is 2.31. The van der Waals surface area contributed by atoms with Crippen LogP contribution >= 0.6 is 11.6 Å². The molecule has 0 fully saturated rings. The largest absolute Gasteiger partial charge is 0.467 e. The molecule has 1 aromatic heterocycles. The van der Waals surface area contributed by atoms with E-state index in [0.717, 1.165) is 6.20 Å². The third-order valence-corrected chi connectivity index (χ3v) is 2.31. The third-order valence-electron chi connectivity index (χ3n) is 1.99. The molecule has 7 heteroatoms. The number of aromatic nitrogens is 2. The van der Waals surface area contributed by atoms with Crippen LogP contribution in [0.15, 0.2) is 40.7 Å². The van der Waals surface area contributed by atoms with Gasteiger partial charge in [-0.2, -0.15) is 4.98 Å². The minimum absolute atomic E-state index is 0.0181. The highest BCUT2D eigenvalue weighted by atomic mass is 35.5. The number of benzene rings is 1. The summed E-state index contributed by atoms with van der Waals surface area (Å²) in [5.41, 5.74) is 0.427. The summed E-state index contributed by atoms with van der Waals surface area (Å²) in [5.74, 6) is -0.895. The van der Waals surface area contributed by atoms with Gasteiger partial charge in [0.2, 0.25) is 5.82 Å². The lowest BCUT2D eigenvalue weighted by atomic mass is 10.3. The van der Waals surface area contributed by atoms with Crippen LogP contribution in [0.2, 0.25) is 5.02 Å². The number of hydrogen-bond acceptors (Lipinski definition) is 5. The molecule has 92 valence electrons. The lowest BCUT2D eigenvalue weighted by Gasteiger charge is -1.99. The Morgan fingerprint density at radius 2 is 2.06 bits per heavy atom. The molecule has 18 heavy (non-hydrogen) atoms. The molecule has 0 atom stereocenters. The molecule has 0 N–H and O–H groups in total.